The zero-order valence-corrected chi connectivity index (χ0v) is 14.4. The number of hydrogen-bond donors (Lipinski definition) is 2. The van der Waals surface area contributed by atoms with E-state index in [-0.39, 0.29) is 5.43 Å². The average molecular weight is 357 g/mol. The summed E-state index contributed by atoms with van der Waals surface area (Å²) in [7, 11) is 0. The third-order valence-electron chi connectivity index (χ3n) is 4.20. The normalized spacial score (nSPS) is 11.9. The van der Waals surface area contributed by atoms with E-state index >= 15 is 0 Å². The second kappa shape index (κ2) is 6.72. The van der Waals surface area contributed by atoms with Crippen molar-refractivity contribution in [2.24, 2.45) is 0 Å². The zero-order chi connectivity index (χ0) is 18.8. The molecule has 0 fully saturated rings. The Balaban J connectivity index is 1.75. The fraction of sp³-hybridized carbons (Fsp3) is 0.105. The minimum absolute atomic E-state index is 0.0782. The predicted molar refractivity (Wildman–Crippen MR) is 101 cm³/mol. The number of H-pyrrole nitrogens is 1. The van der Waals surface area contributed by atoms with Crippen molar-refractivity contribution in [1.82, 2.24) is 24.7 Å². The maximum absolute atomic E-state index is 12.3. The second-order valence-electron chi connectivity index (χ2n) is 5.97. The lowest BCUT2D eigenvalue weighted by Crippen LogP contribution is -2.06. The van der Waals surface area contributed by atoms with Crippen molar-refractivity contribution in [3.8, 4) is 17.6 Å². The van der Waals surface area contributed by atoms with Crippen molar-refractivity contribution >= 4 is 22.4 Å². The van der Waals surface area contributed by atoms with E-state index in [4.69, 9.17) is 5.26 Å². The molecule has 1 aromatic carbocycles. The molecule has 0 bridgehead atoms. The van der Waals surface area contributed by atoms with Gasteiger partial charge in [-0.1, -0.05) is 12.1 Å². The van der Waals surface area contributed by atoms with Crippen molar-refractivity contribution in [2.75, 3.05) is 5.32 Å². The molecule has 132 valence electrons. The van der Waals surface area contributed by atoms with Crippen LogP contribution in [-0.2, 0) is 0 Å². The number of aromatic amines is 1. The maximum atomic E-state index is 12.3. The van der Waals surface area contributed by atoms with Crippen LogP contribution in [0.3, 0.4) is 0 Å². The molecule has 0 aliphatic carbocycles. The van der Waals surface area contributed by atoms with Crippen LogP contribution in [0.4, 0.5) is 11.5 Å². The minimum atomic E-state index is -0.412. The molecule has 0 amide bonds. The number of rotatable bonds is 4. The summed E-state index contributed by atoms with van der Waals surface area (Å²) in [6.45, 7) is 1.76. The number of nitrogens with one attached hydrogen (secondary N) is 2. The molecule has 27 heavy (non-hydrogen) atoms. The molecule has 0 saturated heterocycles. The molecular formula is C19H15N7O. The third-order valence-corrected chi connectivity index (χ3v) is 4.20. The number of anilines is 2. The van der Waals surface area contributed by atoms with Gasteiger partial charge in [-0.2, -0.15) is 5.26 Å². The number of nitriles is 1. The van der Waals surface area contributed by atoms with Gasteiger partial charge in [0.2, 0.25) is 0 Å². The van der Waals surface area contributed by atoms with Gasteiger partial charge in [0.15, 0.2) is 11.3 Å². The number of benzene rings is 1. The van der Waals surface area contributed by atoms with E-state index in [0.717, 1.165) is 5.52 Å². The van der Waals surface area contributed by atoms with Gasteiger partial charge in [-0.25, -0.2) is 4.98 Å². The summed E-state index contributed by atoms with van der Waals surface area (Å²) in [5.41, 5.74) is 1.90. The standard InChI is InChI=1S/C19H15N7O/c1-12(10-20)26-11-22-25-19(26)15-6-3-7-17(24-15)23-14-5-2-4-13-18(14)16(27)8-9-21-13/h2-9,11-12H,1H3,(H,21,27)(H,23,24). The van der Waals surface area contributed by atoms with Gasteiger partial charge in [-0.3, -0.25) is 9.36 Å². The van der Waals surface area contributed by atoms with E-state index in [1.807, 2.05) is 24.3 Å². The topological polar surface area (TPSA) is 112 Å². The summed E-state index contributed by atoms with van der Waals surface area (Å²) >= 11 is 0. The lowest BCUT2D eigenvalue weighted by atomic mass is 10.1. The highest BCUT2D eigenvalue weighted by molar-refractivity contribution is 5.92. The summed E-state index contributed by atoms with van der Waals surface area (Å²) < 4.78 is 1.66. The lowest BCUT2D eigenvalue weighted by molar-refractivity contribution is 0.676. The number of nitrogens with zero attached hydrogens (tertiary/aromatic N) is 5. The van der Waals surface area contributed by atoms with Gasteiger partial charge in [0.25, 0.3) is 0 Å². The monoisotopic (exact) mass is 357 g/mol. The van der Waals surface area contributed by atoms with Crippen molar-refractivity contribution in [1.29, 1.82) is 5.26 Å². The van der Waals surface area contributed by atoms with Crippen LogP contribution in [0, 0.1) is 11.3 Å². The molecule has 3 aromatic heterocycles. The molecule has 0 saturated carbocycles. The first kappa shape index (κ1) is 16.5. The molecule has 3 heterocycles. The number of pyridine rings is 2. The van der Waals surface area contributed by atoms with Gasteiger partial charge >= 0.3 is 0 Å². The van der Waals surface area contributed by atoms with Crippen LogP contribution in [0.1, 0.15) is 13.0 Å². The molecule has 8 heteroatoms. The molecule has 0 spiro atoms. The molecule has 8 nitrogen and oxygen atoms in total. The molecule has 1 atom stereocenters. The predicted octanol–water partition coefficient (Wildman–Crippen LogP) is 3.01. The molecule has 1 unspecified atom stereocenters. The molecule has 4 aromatic rings. The van der Waals surface area contributed by atoms with Gasteiger partial charge in [0.05, 0.1) is 22.7 Å². The fourth-order valence-corrected chi connectivity index (χ4v) is 2.87. The molecule has 0 aliphatic rings. The van der Waals surface area contributed by atoms with Gasteiger partial charge in [-0.05, 0) is 31.2 Å². The number of fused-ring (bicyclic) bond motifs is 1. The first-order chi connectivity index (χ1) is 13.2. The van der Waals surface area contributed by atoms with Gasteiger partial charge < -0.3 is 10.3 Å². The summed E-state index contributed by atoms with van der Waals surface area (Å²) in [6.07, 6.45) is 3.13. The van der Waals surface area contributed by atoms with Gasteiger partial charge in [0, 0.05) is 12.3 Å². The zero-order valence-electron chi connectivity index (χ0n) is 14.4. The van der Waals surface area contributed by atoms with Gasteiger partial charge in [0.1, 0.15) is 23.9 Å². The first-order valence-electron chi connectivity index (χ1n) is 8.31. The Morgan fingerprint density at radius 3 is 2.93 bits per heavy atom. The van der Waals surface area contributed by atoms with E-state index in [2.05, 4.69) is 31.6 Å². The first-order valence-corrected chi connectivity index (χ1v) is 8.31. The maximum Gasteiger partial charge on any atom is 0.191 e. The molecule has 4 rings (SSSR count). The second-order valence-corrected chi connectivity index (χ2v) is 5.97. The number of aromatic nitrogens is 5. The Hall–Kier alpha value is -3.99. The largest absolute Gasteiger partial charge is 0.361 e. The van der Waals surface area contributed by atoms with Crippen molar-refractivity contribution < 1.29 is 0 Å². The van der Waals surface area contributed by atoms with Crippen LogP contribution in [0.25, 0.3) is 22.4 Å². The molecule has 0 aliphatic heterocycles. The van der Waals surface area contributed by atoms with Crippen molar-refractivity contribution in [3.63, 3.8) is 0 Å². The quantitative estimate of drug-likeness (QED) is 0.580. The SMILES string of the molecule is CC(C#N)n1cnnc1-c1cccc(Nc2cccc3[nH]ccc(=O)c23)n1. The molecular weight excluding hydrogens is 342 g/mol. The van der Waals surface area contributed by atoms with Crippen molar-refractivity contribution in [3.05, 3.63) is 65.2 Å². The highest BCUT2D eigenvalue weighted by Crippen LogP contribution is 2.24. The smallest absolute Gasteiger partial charge is 0.191 e. The summed E-state index contributed by atoms with van der Waals surface area (Å²) in [4.78, 5) is 19.9. The Bertz CT molecular complexity index is 1210. The van der Waals surface area contributed by atoms with E-state index in [1.54, 1.807) is 29.8 Å². The fourth-order valence-electron chi connectivity index (χ4n) is 2.87. The Morgan fingerprint density at radius 1 is 1.22 bits per heavy atom. The van der Waals surface area contributed by atoms with Crippen LogP contribution in [-0.4, -0.2) is 24.7 Å². The van der Waals surface area contributed by atoms with Crippen LogP contribution >= 0.6 is 0 Å². The average Bonchev–Trinajstić information content (AvgIpc) is 3.18. The highest BCUT2D eigenvalue weighted by atomic mass is 16.1. The minimum Gasteiger partial charge on any atom is -0.361 e. The summed E-state index contributed by atoms with van der Waals surface area (Å²) in [5, 5.41) is 20.9. The van der Waals surface area contributed by atoms with E-state index in [9.17, 15) is 4.79 Å². The highest BCUT2D eigenvalue weighted by Gasteiger charge is 2.14. The lowest BCUT2D eigenvalue weighted by Gasteiger charge is -2.11. The number of hydrogen-bond acceptors (Lipinski definition) is 6. The van der Waals surface area contributed by atoms with Gasteiger partial charge in [-0.15, -0.1) is 10.2 Å². The van der Waals surface area contributed by atoms with Crippen LogP contribution in [0.5, 0.6) is 0 Å². The van der Waals surface area contributed by atoms with Crippen LogP contribution in [0.15, 0.2) is 59.8 Å². The summed E-state index contributed by atoms with van der Waals surface area (Å²) in [5.74, 6) is 1.06. The van der Waals surface area contributed by atoms with E-state index in [1.165, 1.54) is 12.4 Å². The van der Waals surface area contributed by atoms with Crippen LogP contribution < -0.4 is 10.7 Å². The van der Waals surface area contributed by atoms with E-state index in [0.29, 0.717) is 28.4 Å². The Morgan fingerprint density at radius 2 is 2.07 bits per heavy atom. The van der Waals surface area contributed by atoms with E-state index < -0.39 is 6.04 Å². The Labute approximate surface area is 154 Å². The Kier molecular flexibility index (Phi) is 4.10. The molecule has 0 radical (unpaired) electrons. The summed E-state index contributed by atoms with van der Waals surface area (Å²) in [6, 6.07) is 14.2. The third kappa shape index (κ3) is 3.02. The van der Waals surface area contributed by atoms with Crippen molar-refractivity contribution in [2.45, 2.75) is 13.0 Å². The van der Waals surface area contributed by atoms with Crippen LogP contribution in [0.2, 0.25) is 0 Å². The molecule has 2 N–H and O–H groups in total.